The number of halogens is 1. The smallest absolute Gasteiger partial charge is 0.312 e. The number of carboxylic acids is 1. The van der Waals surface area contributed by atoms with Crippen LogP contribution in [0.1, 0.15) is 22.6 Å². The maximum atomic E-state index is 13.5. The average Bonchev–Trinajstić information content (AvgIpc) is 2.18. The van der Waals surface area contributed by atoms with Crippen LogP contribution in [0.4, 0.5) is 4.39 Å². The predicted molar refractivity (Wildman–Crippen MR) is 55.3 cm³/mol. The van der Waals surface area contributed by atoms with E-state index in [1.54, 1.807) is 26.0 Å². The van der Waals surface area contributed by atoms with Gasteiger partial charge in [-0.1, -0.05) is 12.1 Å². The Labute approximate surface area is 87.7 Å². The second kappa shape index (κ2) is 4.40. The lowest BCUT2D eigenvalue weighted by molar-refractivity contribution is -0.138. The normalized spacial score (nSPS) is 12.5. The van der Waals surface area contributed by atoms with Crippen molar-refractivity contribution in [2.75, 3.05) is 6.54 Å². The minimum absolute atomic E-state index is 0.0291. The summed E-state index contributed by atoms with van der Waals surface area (Å²) < 4.78 is 13.5. The van der Waals surface area contributed by atoms with E-state index >= 15 is 0 Å². The summed E-state index contributed by atoms with van der Waals surface area (Å²) in [5, 5.41) is 8.91. The van der Waals surface area contributed by atoms with E-state index in [2.05, 4.69) is 0 Å². The second-order valence-corrected chi connectivity index (χ2v) is 3.54. The topological polar surface area (TPSA) is 63.3 Å². The van der Waals surface area contributed by atoms with Gasteiger partial charge in [0, 0.05) is 6.54 Å². The Bertz CT molecular complexity index is 390. The van der Waals surface area contributed by atoms with Gasteiger partial charge >= 0.3 is 5.97 Å². The number of rotatable bonds is 3. The lowest BCUT2D eigenvalue weighted by atomic mass is 9.93. The van der Waals surface area contributed by atoms with Crippen LogP contribution in [0, 0.1) is 19.7 Å². The Balaban J connectivity index is 3.25. The fourth-order valence-corrected chi connectivity index (χ4v) is 1.57. The molecule has 0 fully saturated rings. The first-order valence-corrected chi connectivity index (χ1v) is 4.67. The van der Waals surface area contributed by atoms with Crippen LogP contribution < -0.4 is 5.73 Å². The summed E-state index contributed by atoms with van der Waals surface area (Å²) in [5.74, 6) is -2.21. The van der Waals surface area contributed by atoms with Crippen LogP contribution in [0.25, 0.3) is 0 Å². The molecule has 0 amide bonds. The molecule has 1 aromatic carbocycles. The van der Waals surface area contributed by atoms with Crippen LogP contribution >= 0.6 is 0 Å². The van der Waals surface area contributed by atoms with Gasteiger partial charge in [0.15, 0.2) is 0 Å². The maximum Gasteiger partial charge on any atom is 0.312 e. The highest BCUT2D eigenvalue weighted by Crippen LogP contribution is 2.23. The summed E-state index contributed by atoms with van der Waals surface area (Å²) in [6.45, 7) is 3.19. The molecule has 0 saturated heterocycles. The number of nitrogens with two attached hydrogens (primary N) is 1. The molecule has 15 heavy (non-hydrogen) atoms. The van der Waals surface area contributed by atoms with Gasteiger partial charge in [0.2, 0.25) is 0 Å². The second-order valence-electron chi connectivity index (χ2n) is 3.54. The van der Waals surface area contributed by atoms with E-state index in [1.807, 2.05) is 0 Å². The molecule has 0 radical (unpaired) electrons. The molecule has 0 aliphatic rings. The molecule has 0 saturated carbocycles. The van der Waals surface area contributed by atoms with Crippen molar-refractivity contribution in [3.05, 3.63) is 34.6 Å². The van der Waals surface area contributed by atoms with Gasteiger partial charge in [0.05, 0.1) is 5.92 Å². The number of carboxylic acid groups (broad SMARTS) is 1. The van der Waals surface area contributed by atoms with Crippen molar-refractivity contribution in [2.24, 2.45) is 5.73 Å². The van der Waals surface area contributed by atoms with E-state index in [0.717, 1.165) is 0 Å². The fourth-order valence-electron chi connectivity index (χ4n) is 1.57. The largest absolute Gasteiger partial charge is 0.481 e. The van der Waals surface area contributed by atoms with Crippen LogP contribution in [-0.4, -0.2) is 17.6 Å². The first-order valence-electron chi connectivity index (χ1n) is 4.67. The van der Waals surface area contributed by atoms with Crippen LogP contribution in [0.3, 0.4) is 0 Å². The number of benzene rings is 1. The number of carbonyl (C=O) groups is 1. The number of aliphatic carboxylic acids is 1. The zero-order valence-corrected chi connectivity index (χ0v) is 8.75. The van der Waals surface area contributed by atoms with E-state index in [-0.39, 0.29) is 12.4 Å². The van der Waals surface area contributed by atoms with E-state index in [0.29, 0.717) is 16.7 Å². The van der Waals surface area contributed by atoms with Gasteiger partial charge in [-0.05, 0) is 30.5 Å². The Morgan fingerprint density at radius 2 is 2.13 bits per heavy atom. The summed E-state index contributed by atoms with van der Waals surface area (Å²) in [5.41, 5.74) is 6.69. The molecule has 0 aromatic heterocycles. The maximum absolute atomic E-state index is 13.5. The molecule has 3 N–H and O–H groups in total. The third-order valence-corrected chi connectivity index (χ3v) is 2.53. The molecular formula is C11H14FNO2. The van der Waals surface area contributed by atoms with Gasteiger partial charge in [-0.3, -0.25) is 4.79 Å². The van der Waals surface area contributed by atoms with Crippen LogP contribution in [0.15, 0.2) is 12.1 Å². The highest BCUT2D eigenvalue weighted by Gasteiger charge is 2.21. The van der Waals surface area contributed by atoms with E-state index in [9.17, 15) is 9.18 Å². The van der Waals surface area contributed by atoms with Crippen molar-refractivity contribution < 1.29 is 14.3 Å². The van der Waals surface area contributed by atoms with Gasteiger partial charge in [-0.15, -0.1) is 0 Å². The van der Waals surface area contributed by atoms with Crippen molar-refractivity contribution in [1.29, 1.82) is 0 Å². The molecule has 1 unspecified atom stereocenters. The molecule has 0 heterocycles. The Morgan fingerprint density at radius 3 is 2.60 bits per heavy atom. The molecule has 0 spiro atoms. The molecule has 0 aliphatic heterocycles. The van der Waals surface area contributed by atoms with E-state index in [1.165, 1.54) is 0 Å². The first-order chi connectivity index (χ1) is 6.99. The van der Waals surface area contributed by atoms with Crippen molar-refractivity contribution in [3.8, 4) is 0 Å². The standard InChI is InChI=1S/C11H14FNO2/c1-6-3-4-8(7(2)10(6)12)9(5-13)11(14)15/h3-4,9H,5,13H2,1-2H3,(H,14,15). The number of aryl methyl sites for hydroxylation is 1. The Hall–Kier alpha value is -1.42. The van der Waals surface area contributed by atoms with Crippen LogP contribution in [-0.2, 0) is 4.79 Å². The summed E-state index contributed by atoms with van der Waals surface area (Å²) in [6, 6.07) is 3.20. The van der Waals surface area contributed by atoms with Gasteiger partial charge < -0.3 is 10.8 Å². The summed E-state index contributed by atoms with van der Waals surface area (Å²) in [7, 11) is 0. The average molecular weight is 211 g/mol. The molecule has 82 valence electrons. The molecule has 3 nitrogen and oxygen atoms in total. The molecular weight excluding hydrogens is 197 g/mol. The van der Waals surface area contributed by atoms with Gasteiger partial charge in [0.1, 0.15) is 5.82 Å². The molecule has 0 bridgehead atoms. The molecule has 4 heteroatoms. The number of hydrogen-bond donors (Lipinski definition) is 2. The Kier molecular flexibility index (Phi) is 3.42. The molecule has 1 rings (SSSR count). The van der Waals surface area contributed by atoms with Gasteiger partial charge in [-0.2, -0.15) is 0 Å². The van der Waals surface area contributed by atoms with Crippen molar-refractivity contribution in [3.63, 3.8) is 0 Å². The van der Waals surface area contributed by atoms with Crippen LogP contribution in [0.5, 0.6) is 0 Å². The van der Waals surface area contributed by atoms with Gasteiger partial charge in [0.25, 0.3) is 0 Å². The lowest BCUT2D eigenvalue weighted by Gasteiger charge is -2.14. The van der Waals surface area contributed by atoms with Crippen molar-refractivity contribution in [2.45, 2.75) is 19.8 Å². The summed E-state index contributed by atoms with van der Waals surface area (Å²) in [4.78, 5) is 10.9. The molecule has 1 atom stereocenters. The van der Waals surface area contributed by atoms with E-state index < -0.39 is 11.9 Å². The summed E-state index contributed by atoms with van der Waals surface area (Å²) >= 11 is 0. The third kappa shape index (κ3) is 2.15. The minimum atomic E-state index is -1.02. The number of hydrogen-bond acceptors (Lipinski definition) is 2. The minimum Gasteiger partial charge on any atom is -0.481 e. The lowest BCUT2D eigenvalue weighted by Crippen LogP contribution is -2.22. The Morgan fingerprint density at radius 1 is 1.53 bits per heavy atom. The quantitative estimate of drug-likeness (QED) is 0.797. The van der Waals surface area contributed by atoms with Crippen molar-refractivity contribution >= 4 is 5.97 Å². The zero-order valence-electron chi connectivity index (χ0n) is 8.75. The van der Waals surface area contributed by atoms with Crippen LogP contribution in [0.2, 0.25) is 0 Å². The zero-order chi connectivity index (χ0) is 11.6. The van der Waals surface area contributed by atoms with E-state index in [4.69, 9.17) is 10.8 Å². The van der Waals surface area contributed by atoms with Gasteiger partial charge in [-0.25, -0.2) is 4.39 Å². The highest BCUT2D eigenvalue weighted by molar-refractivity contribution is 5.77. The summed E-state index contributed by atoms with van der Waals surface area (Å²) in [6.07, 6.45) is 0. The molecule has 0 aliphatic carbocycles. The monoisotopic (exact) mass is 211 g/mol. The van der Waals surface area contributed by atoms with Crippen molar-refractivity contribution in [1.82, 2.24) is 0 Å². The first kappa shape index (κ1) is 11.7. The fraction of sp³-hybridized carbons (Fsp3) is 0.364. The molecule has 1 aromatic rings. The predicted octanol–water partition coefficient (Wildman–Crippen LogP) is 1.57. The highest BCUT2D eigenvalue weighted by atomic mass is 19.1. The third-order valence-electron chi connectivity index (χ3n) is 2.53. The SMILES string of the molecule is Cc1ccc(C(CN)C(=O)O)c(C)c1F.